The Bertz CT molecular complexity index is 664. The lowest BCUT2D eigenvalue weighted by Crippen LogP contribution is -1.97. The molecule has 0 saturated carbocycles. The van der Waals surface area contributed by atoms with Gasteiger partial charge in [0.15, 0.2) is 0 Å². The zero-order valence-corrected chi connectivity index (χ0v) is 16.3. The van der Waals surface area contributed by atoms with E-state index in [1.807, 2.05) is 0 Å². The third kappa shape index (κ3) is 4.72. The fourth-order valence-electron chi connectivity index (χ4n) is 3.77. The van der Waals surface area contributed by atoms with Gasteiger partial charge in [-0.1, -0.05) is 74.9 Å². The van der Waals surface area contributed by atoms with E-state index < -0.39 is 0 Å². The standard InChI is InChI=1S/C24H34/c1-6-7-8-9-10-11-12-22-15-14-19(3)24(21(22)5)23-16-13-18(2)17-20(23)4/h13-17H,6-12H2,1-5H3. The molecule has 2 aromatic carbocycles. The van der Waals surface area contributed by atoms with Gasteiger partial charge in [-0.25, -0.2) is 0 Å². The van der Waals surface area contributed by atoms with Gasteiger partial charge in [0.2, 0.25) is 0 Å². The van der Waals surface area contributed by atoms with Crippen LogP contribution in [0.2, 0.25) is 0 Å². The summed E-state index contributed by atoms with van der Waals surface area (Å²) in [5.74, 6) is 0. The Balaban J connectivity index is 2.15. The molecule has 0 aliphatic heterocycles. The summed E-state index contributed by atoms with van der Waals surface area (Å²) >= 11 is 0. The van der Waals surface area contributed by atoms with Crippen LogP contribution in [0.15, 0.2) is 30.3 Å². The van der Waals surface area contributed by atoms with Crippen molar-refractivity contribution in [3.8, 4) is 11.1 Å². The van der Waals surface area contributed by atoms with E-state index >= 15 is 0 Å². The molecule has 0 spiro atoms. The molecule has 2 rings (SSSR count). The van der Waals surface area contributed by atoms with E-state index in [1.165, 1.54) is 83.9 Å². The number of aryl methyl sites for hydroxylation is 4. The van der Waals surface area contributed by atoms with Crippen LogP contribution in [0.5, 0.6) is 0 Å². The van der Waals surface area contributed by atoms with E-state index in [0.717, 1.165) is 0 Å². The van der Waals surface area contributed by atoms with Crippen LogP contribution >= 0.6 is 0 Å². The van der Waals surface area contributed by atoms with Crippen molar-refractivity contribution in [3.05, 3.63) is 58.1 Å². The Kier molecular flexibility index (Phi) is 7.09. The van der Waals surface area contributed by atoms with Crippen LogP contribution in [0.4, 0.5) is 0 Å². The first kappa shape index (κ1) is 18.8. The molecule has 0 unspecified atom stereocenters. The van der Waals surface area contributed by atoms with Crippen LogP contribution in [0.3, 0.4) is 0 Å². The summed E-state index contributed by atoms with van der Waals surface area (Å²) in [6.07, 6.45) is 9.42. The second-order valence-corrected chi connectivity index (χ2v) is 7.38. The van der Waals surface area contributed by atoms with Crippen molar-refractivity contribution in [1.82, 2.24) is 0 Å². The van der Waals surface area contributed by atoms with E-state index in [0.29, 0.717) is 0 Å². The van der Waals surface area contributed by atoms with E-state index in [1.54, 1.807) is 0 Å². The van der Waals surface area contributed by atoms with Gasteiger partial charge in [-0.05, 0) is 73.9 Å². The Hall–Kier alpha value is -1.56. The number of hydrogen-bond acceptors (Lipinski definition) is 0. The van der Waals surface area contributed by atoms with Gasteiger partial charge in [-0.15, -0.1) is 0 Å². The number of rotatable bonds is 8. The van der Waals surface area contributed by atoms with Gasteiger partial charge in [0, 0.05) is 0 Å². The Morgan fingerprint density at radius 3 is 2.12 bits per heavy atom. The highest BCUT2D eigenvalue weighted by Crippen LogP contribution is 2.32. The number of benzene rings is 2. The van der Waals surface area contributed by atoms with Crippen LogP contribution in [-0.2, 0) is 6.42 Å². The largest absolute Gasteiger partial charge is 0.0654 e. The van der Waals surface area contributed by atoms with Crippen molar-refractivity contribution in [2.24, 2.45) is 0 Å². The molecular formula is C24H34. The van der Waals surface area contributed by atoms with Crippen molar-refractivity contribution in [2.75, 3.05) is 0 Å². The predicted octanol–water partition coefficient (Wildman–Crippen LogP) is 7.49. The maximum atomic E-state index is 2.35. The normalized spacial score (nSPS) is 11.0. The second kappa shape index (κ2) is 9.06. The molecule has 0 fully saturated rings. The molecule has 0 aliphatic rings. The minimum absolute atomic E-state index is 1.22. The van der Waals surface area contributed by atoms with Gasteiger partial charge >= 0.3 is 0 Å². The number of hydrogen-bond donors (Lipinski definition) is 0. The van der Waals surface area contributed by atoms with Crippen LogP contribution in [0.25, 0.3) is 11.1 Å². The topological polar surface area (TPSA) is 0 Å². The maximum absolute atomic E-state index is 2.35. The van der Waals surface area contributed by atoms with Gasteiger partial charge in [0.1, 0.15) is 0 Å². The van der Waals surface area contributed by atoms with Gasteiger partial charge in [-0.3, -0.25) is 0 Å². The maximum Gasteiger partial charge on any atom is -0.0120 e. The van der Waals surface area contributed by atoms with Crippen LogP contribution in [-0.4, -0.2) is 0 Å². The van der Waals surface area contributed by atoms with Crippen molar-refractivity contribution in [2.45, 2.75) is 79.6 Å². The minimum Gasteiger partial charge on any atom is -0.0654 e. The first-order chi connectivity index (χ1) is 11.5. The summed E-state index contributed by atoms with van der Waals surface area (Å²) < 4.78 is 0. The average Bonchev–Trinajstić information content (AvgIpc) is 2.54. The van der Waals surface area contributed by atoms with Gasteiger partial charge < -0.3 is 0 Å². The molecule has 0 N–H and O–H groups in total. The molecule has 0 amide bonds. The highest BCUT2D eigenvalue weighted by Gasteiger charge is 2.11. The van der Waals surface area contributed by atoms with Crippen molar-refractivity contribution < 1.29 is 0 Å². The Morgan fingerprint density at radius 1 is 0.708 bits per heavy atom. The Morgan fingerprint density at radius 2 is 1.42 bits per heavy atom. The average molecular weight is 323 g/mol. The van der Waals surface area contributed by atoms with Gasteiger partial charge in [0.25, 0.3) is 0 Å². The van der Waals surface area contributed by atoms with Crippen LogP contribution < -0.4 is 0 Å². The molecule has 24 heavy (non-hydrogen) atoms. The zero-order valence-electron chi connectivity index (χ0n) is 16.3. The summed E-state index contributed by atoms with van der Waals surface area (Å²) in [6.45, 7) is 11.3. The van der Waals surface area contributed by atoms with Crippen LogP contribution in [0.1, 0.15) is 73.3 Å². The van der Waals surface area contributed by atoms with E-state index in [2.05, 4.69) is 65.0 Å². The smallest absolute Gasteiger partial charge is 0.0120 e. The summed E-state index contributed by atoms with van der Waals surface area (Å²) in [6, 6.07) is 11.5. The molecule has 0 bridgehead atoms. The molecule has 0 nitrogen and oxygen atoms in total. The summed E-state index contributed by atoms with van der Waals surface area (Å²) in [5, 5.41) is 0. The summed E-state index contributed by atoms with van der Waals surface area (Å²) in [4.78, 5) is 0. The SMILES string of the molecule is CCCCCCCCc1ccc(C)c(-c2ccc(C)cc2C)c1C. The minimum atomic E-state index is 1.22. The predicted molar refractivity (Wildman–Crippen MR) is 108 cm³/mol. The molecular weight excluding hydrogens is 288 g/mol. The molecule has 0 aromatic heterocycles. The molecule has 0 heteroatoms. The molecule has 0 radical (unpaired) electrons. The van der Waals surface area contributed by atoms with Crippen molar-refractivity contribution >= 4 is 0 Å². The molecule has 0 atom stereocenters. The van der Waals surface area contributed by atoms with Crippen molar-refractivity contribution in [1.29, 1.82) is 0 Å². The lowest BCUT2D eigenvalue weighted by atomic mass is 9.88. The van der Waals surface area contributed by atoms with Crippen molar-refractivity contribution in [3.63, 3.8) is 0 Å². The monoisotopic (exact) mass is 322 g/mol. The first-order valence-corrected chi connectivity index (χ1v) is 9.71. The third-order valence-corrected chi connectivity index (χ3v) is 5.24. The fraction of sp³-hybridized carbons (Fsp3) is 0.500. The number of unbranched alkanes of at least 4 members (excludes halogenated alkanes) is 5. The summed E-state index contributed by atoms with van der Waals surface area (Å²) in [7, 11) is 0. The molecule has 0 heterocycles. The molecule has 2 aromatic rings. The lowest BCUT2D eigenvalue weighted by molar-refractivity contribution is 0.607. The zero-order chi connectivity index (χ0) is 17.5. The molecule has 0 aliphatic carbocycles. The highest BCUT2D eigenvalue weighted by atomic mass is 14.2. The Labute approximate surface area is 149 Å². The third-order valence-electron chi connectivity index (χ3n) is 5.24. The lowest BCUT2D eigenvalue weighted by Gasteiger charge is -2.17. The van der Waals surface area contributed by atoms with Crippen LogP contribution in [0, 0.1) is 27.7 Å². The quantitative estimate of drug-likeness (QED) is 0.442. The second-order valence-electron chi connectivity index (χ2n) is 7.38. The van der Waals surface area contributed by atoms with E-state index in [4.69, 9.17) is 0 Å². The first-order valence-electron chi connectivity index (χ1n) is 9.71. The fourth-order valence-corrected chi connectivity index (χ4v) is 3.77. The summed E-state index contributed by atoms with van der Waals surface area (Å²) in [5.41, 5.74) is 10.00. The van der Waals surface area contributed by atoms with E-state index in [-0.39, 0.29) is 0 Å². The molecule has 0 saturated heterocycles. The van der Waals surface area contributed by atoms with E-state index in [9.17, 15) is 0 Å². The van der Waals surface area contributed by atoms with Gasteiger partial charge in [-0.2, -0.15) is 0 Å². The van der Waals surface area contributed by atoms with Gasteiger partial charge in [0.05, 0.1) is 0 Å². The highest BCUT2D eigenvalue weighted by molar-refractivity contribution is 5.75. The molecule has 130 valence electrons.